The van der Waals surface area contributed by atoms with Crippen LogP contribution < -0.4 is 10.2 Å². The van der Waals surface area contributed by atoms with Crippen molar-refractivity contribution >= 4 is 35.1 Å². The number of thioether (sulfide) groups is 1. The van der Waals surface area contributed by atoms with Gasteiger partial charge in [0.05, 0.1) is 25.3 Å². The van der Waals surface area contributed by atoms with E-state index < -0.39 is 0 Å². The summed E-state index contributed by atoms with van der Waals surface area (Å²) in [5.41, 5.74) is 2.47. The Kier molecular flexibility index (Phi) is 5.78. The van der Waals surface area contributed by atoms with Gasteiger partial charge in [0, 0.05) is 37.3 Å². The predicted octanol–water partition coefficient (Wildman–Crippen LogP) is 2.63. The van der Waals surface area contributed by atoms with Gasteiger partial charge in [-0.2, -0.15) is 0 Å². The maximum atomic E-state index is 12.7. The summed E-state index contributed by atoms with van der Waals surface area (Å²) in [6, 6.07) is 11.0. The van der Waals surface area contributed by atoms with Crippen molar-refractivity contribution in [2.45, 2.75) is 11.4 Å². The summed E-state index contributed by atoms with van der Waals surface area (Å²) in [6.07, 6.45) is 2.10. The summed E-state index contributed by atoms with van der Waals surface area (Å²) in [7, 11) is 0. The van der Waals surface area contributed by atoms with E-state index in [1.54, 1.807) is 22.9 Å². The highest BCUT2D eigenvalue weighted by molar-refractivity contribution is 7.99. The molecule has 28 heavy (non-hydrogen) atoms. The predicted molar refractivity (Wildman–Crippen MR) is 109 cm³/mol. The van der Waals surface area contributed by atoms with Crippen molar-refractivity contribution < 1.29 is 14.3 Å². The largest absolute Gasteiger partial charge is 0.378 e. The topological polar surface area (TPSA) is 74.8 Å². The fourth-order valence-corrected chi connectivity index (χ4v) is 4.19. The Morgan fingerprint density at radius 1 is 1.11 bits per heavy atom. The first-order valence-corrected chi connectivity index (χ1v) is 10.3. The van der Waals surface area contributed by atoms with Gasteiger partial charge in [0.15, 0.2) is 0 Å². The number of anilines is 2. The van der Waals surface area contributed by atoms with Crippen LogP contribution in [0.5, 0.6) is 0 Å². The molecule has 0 unspecified atom stereocenters. The van der Waals surface area contributed by atoms with Crippen LogP contribution in [0.25, 0.3) is 0 Å². The average molecular weight is 398 g/mol. The first-order valence-electron chi connectivity index (χ1n) is 9.31. The number of carbonyl (C=O) groups excluding carboxylic acids is 2. The summed E-state index contributed by atoms with van der Waals surface area (Å²) in [6.45, 7) is 3.14. The molecule has 3 amide bonds. The minimum absolute atomic E-state index is 0.106. The van der Waals surface area contributed by atoms with Gasteiger partial charge in [0.25, 0.3) is 0 Å². The maximum Gasteiger partial charge on any atom is 0.326 e. The number of pyridine rings is 1. The molecule has 0 atom stereocenters. The Balaban J connectivity index is 1.37. The summed E-state index contributed by atoms with van der Waals surface area (Å²) in [5.74, 6) is 0.926. The standard InChI is InChI=1S/C20H22N4O3S/c25-18(23-8-11-27-12-9-23)14-15-3-5-16(6-4-15)22-20(26)24-10-13-28-19-17(24)2-1-7-21-19/h1-7H,8-14H2,(H,22,26). The smallest absolute Gasteiger partial charge is 0.326 e. The van der Waals surface area contributed by atoms with E-state index in [4.69, 9.17) is 4.74 Å². The molecule has 146 valence electrons. The van der Waals surface area contributed by atoms with Crippen LogP contribution in [-0.4, -0.2) is 60.4 Å². The maximum absolute atomic E-state index is 12.7. The molecule has 1 aromatic carbocycles. The summed E-state index contributed by atoms with van der Waals surface area (Å²) < 4.78 is 5.28. The van der Waals surface area contributed by atoms with E-state index in [1.807, 2.05) is 41.3 Å². The first-order chi connectivity index (χ1) is 13.7. The highest BCUT2D eigenvalue weighted by atomic mass is 32.2. The Morgan fingerprint density at radius 2 is 1.89 bits per heavy atom. The van der Waals surface area contributed by atoms with Crippen LogP contribution in [0.3, 0.4) is 0 Å². The number of rotatable bonds is 3. The number of hydrogen-bond acceptors (Lipinski definition) is 5. The van der Waals surface area contributed by atoms with Crippen LogP contribution in [0.4, 0.5) is 16.2 Å². The van der Waals surface area contributed by atoms with E-state index in [0.29, 0.717) is 45.0 Å². The summed E-state index contributed by atoms with van der Waals surface area (Å²) in [4.78, 5) is 32.9. The third kappa shape index (κ3) is 4.28. The minimum Gasteiger partial charge on any atom is -0.378 e. The zero-order valence-corrected chi connectivity index (χ0v) is 16.3. The van der Waals surface area contributed by atoms with Crippen LogP contribution in [0, 0.1) is 0 Å². The molecule has 0 radical (unpaired) electrons. The molecule has 0 saturated carbocycles. The van der Waals surface area contributed by atoms with E-state index in [9.17, 15) is 9.59 Å². The molecule has 1 fully saturated rings. The lowest BCUT2D eigenvalue weighted by atomic mass is 10.1. The number of fused-ring (bicyclic) bond motifs is 1. The molecule has 3 heterocycles. The van der Waals surface area contributed by atoms with E-state index in [2.05, 4.69) is 10.3 Å². The number of nitrogens with one attached hydrogen (secondary N) is 1. The van der Waals surface area contributed by atoms with Crippen LogP contribution in [0.1, 0.15) is 5.56 Å². The van der Waals surface area contributed by atoms with Gasteiger partial charge in [-0.15, -0.1) is 11.8 Å². The molecule has 2 aromatic rings. The van der Waals surface area contributed by atoms with Crippen molar-refractivity contribution in [1.29, 1.82) is 0 Å². The molecule has 2 aliphatic heterocycles. The van der Waals surface area contributed by atoms with Gasteiger partial charge in [-0.05, 0) is 29.8 Å². The number of ether oxygens (including phenoxy) is 1. The fourth-order valence-electron chi connectivity index (χ4n) is 3.26. The second-order valence-electron chi connectivity index (χ2n) is 6.62. The molecule has 1 saturated heterocycles. The molecule has 7 nitrogen and oxygen atoms in total. The van der Waals surface area contributed by atoms with Crippen LogP contribution in [0.15, 0.2) is 47.6 Å². The SMILES string of the molecule is O=C(Cc1ccc(NC(=O)N2CCSc3ncccc32)cc1)N1CCOCC1. The lowest BCUT2D eigenvalue weighted by Crippen LogP contribution is -2.41. The van der Waals surface area contributed by atoms with Gasteiger partial charge in [-0.3, -0.25) is 9.69 Å². The van der Waals surface area contributed by atoms with E-state index in [-0.39, 0.29) is 11.9 Å². The molecular formula is C20H22N4O3S. The molecular weight excluding hydrogens is 376 g/mol. The van der Waals surface area contributed by atoms with Gasteiger partial charge >= 0.3 is 6.03 Å². The van der Waals surface area contributed by atoms with Crippen molar-refractivity contribution in [1.82, 2.24) is 9.88 Å². The van der Waals surface area contributed by atoms with Gasteiger partial charge < -0.3 is 15.0 Å². The molecule has 8 heteroatoms. The normalized spacial score (nSPS) is 16.4. The van der Waals surface area contributed by atoms with Crippen molar-refractivity contribution in [2.24, 2.45) is 0 Å². The first kappa shape index (κ1) is 18.8. The molecule has 4 rings (SSSR count). The van der Waals surface area contributed by atoms with E-state index >= 15 is 0 Å². The van der Waals surface area contributed by atoms with Gasteiger partial charge in [-0.25, -0.2) is 9.78 Å². The third-order valence-electron chi connectivity index (χ3n) is 4.77. The number of hydrogen-bond donors (Lipinski definition) is 1. The number of nitrogens with zero attached hydrogens (tertiary/aromatic N) is 3. The monoisotopic (exact) mass is 398 g/mol. The van der Waals surface area contributed by atoms with Gasteiger partial charge in [0.1, 0.15) is 5.03 Å². The zero-order valence-electron chi connectivity index (χ0n) is 15.5. The van der Waals surface area contributed by atoms with Crippen LogP contribution in [0.2, 0.25) is 0 Å². The highest BCUT2D eigenvalue weighted by Gasteiger charge is 2.23. The van der Waals surface area contributed by atoms with Gasteiger partial charge in [0.2, 0.25) is 5.91 Å². The molecule has 0 aliphatic carbocycles. The number of carbonyl (C=O) groups is 2. The molecule has 1 aromatic heterocycles. The Bertz CT molecular complexity index is 853. The zero-order chi connectivity index (χ0) is 19.3. The van der Waals surface area contributed by atoms with Crippen molar-refractivity contribution in [3.63, 3.8) is 0 Å². The van der Waals surface area contributed by atoms with E-state index in [0.717, 1.165) is 22.0 Å². The average Bonchev–Trinajstić information content (AvgIpc) is 2.75. The lowest BCUT2D eigenvalue weighted by molar-refractivity contribution is -0.134. The van der Waals surface area contributed by atoms with Gasteiger partial charge in [-0.1, -0.05) is 12.1 Å². The number of amides is 3. The fraction of sp³-hybridized carbons (Fsp3) is 0.350. The number of benzene rings is 1. The van der Waals surface area contributed by atoms with Crippen molar-refractivity contribution in [3.05, 3.63) is 48.2 Å². The molecule has 2 aliphatic rings. The Hall–Kier alpha value is -2.58. The minimum atomic E-state index is -0.174. The lowest BCUT2D eigenvalue weighted by Gasteiger charge is -2.28. The third-order valence-corrected chi connectivity index (χ3v) is 5.74. The Morgan fingerprint density at radius 3 is 2.68 bits per heavy atom. The summed E-state index contributed by atoms with van der Waals surface area (Å²) in [5, 5.41) is 3.81. The number of aromatic nitrogens is 1. The number of urea groups is 1. The second kappa shape index (κ2) is 8.62. The van der Waals surface area contributed by atoms with Crippen LogP contribution >= 0.6 is 11.8 Å². The second-order valence-corrected chi connectivity index (χ2v) is 7.71. The summed E-state index contributed by atoms with van der Waals surface area (Å²) >= 11 is 1.66. The molecule has 1 N–H and O–H groups in total. The van der Waals surface area contributed by atoms with Crippen LogP contribution in [-0.2, 0) is 16.0 Å². The molecule has 0 bridgehead atoms. The quantitative estimate of drug-likeness (QED) is 0.860. The van der Waals surface area contributed by atoms with E-state index in [1.165, 1.54) is 0 Å². The van der Waals surface area contributed by atoms with Crippen molar-refractivity contribution in [2.75, 3.05) is 48.8 Å². The number of morpholine rings is 1. The highest BCUT2D eigenvalue weighted by Crippen LogP contribution is 2.32. The Labute approximate surface area is 168 Å². The molecule has 0 spiro atoms. The van der Waals surface area contributed by atoms with Crippen molar-refractivity contribution in [3.8, 4) is 0 Å².